The van der Waals surface area contributed by atoms with Crippen LogP contribution in [0.3, 0.4) is 0 Å². The van der Waals surface area contributed by atoms with Crippen LogP contribution in [0.1, 0.15) is 26.7 Å². The Balaban J connectivity index is 4.26. The lowest BCUT2D eigenvalue weighted by Gasteiger charge is -2.14. The number of carbonyl (C=O) groups is 3. The van der Waals surface area contributed by atoms with Crippen LogP contribution in [0.4, 0.5) is 0 Å². The first-order valence-electron chi connectivity index (χ1n) is 5.17. The highest BCUT2D eigenvalue weighted by Gasteiger charge is 2.27. The lowest BCUT2D eigenvalue weighted by atomic mass is 10.0. The van der Waals surface area contributed by atoms with Crippen LogP contribution in [0.2, 0.25) is 0 Å². The maximum atomic E-state index is 11.5. The smallest absolute Gasteiger partial charge is 0.319 e. The first-order valence-corrected chi connectivity index (χ1v) is 5.17. The summed E-state index contributed by atoms with van der Waals surface area (Å²) >= 11 is 0. The molecule has 0 spiro atoms. The van der Waals surface area contributed by atoms with E-state index in [0.717, 1.165) is 0 Å². The molecular formula is C10H17NO5. The van der Waals surface area contributed by atoms with E-state index in [4.69, 9.17) is 10.2 Å². The molecule has 0 aliphatic carbocycles. The minimum absolute atomic E-state index is 0.191. The van der Waals surface area contributed by atoms with Crippen molar-refractivity contribution in [2.75, 3.05) is 6.54 Å². The first kappa shape index (κ1) is 14.4. The zero-order chi connectivity index (χ0) is 12.7. The highest BCUT2D eigenvalue weighted by Crippen LogP contribution is 2.07. The molecule has 0 aliphatic rings. The van der Waals surface area contributed by atoms with Crippen molar-refractivity contribution in [3.63, 3.8) is 0 Å². The van der Waals surface area contributed by atoms with E-state index in [1.807, 2.05) is 13.8 Å². The molecule has 0 heterocycles. The van der Waals surface area contributed by atoms with Crippen molar-refractivity contribution in [3.05, 3.63) is 0 Å². The molecule has 0 saturated heterocycles. The molecule has 0 fully saturated rings. The van der Waals surface area contributed by atoms with Gasteiger partial charge in [0.1, 0.15) is 0 Å². The lowest BCUT2D eigenvalue weighted by molar-refractivity contribution is -0.154. The summed E-state index contributed by atoms with van der Waals surface area (Å²) in [6.07, 6.45) is 1.29. The maximum Gasteiger partial charge on any atom is 0.319 e. The molecule has 0 aliphatic heterocycles. The molecule has 6 heteroatoms. The molecule has 0 atom stereocenters. The third kappa shape index (κ3) is 4.29. The van der Waals surface area contributed by atoms with Crippen molar-refractivity contribution in [1.82, 2.24) is 5.32 Å². The number of amides is 1. The van der Waals surface area contributed by atoms with Gasteiger partial charge in [-0.3, -0.25) is 14.4 Å². The molecule has 3 N–H and O–H groups in total. The summed E-state index contributed by atoms with van der Waals surface area (Å²) in [4.78, 5) is 32.5. The Morgan fingerprint density at radius 2 is 1.50 bits per heavy atom. The van der Waals surface area contributed by atoms with E-state index in [1.54, 1.807) is 0 Å². The largest absolute Gasteiger partial charge is 0.481 e. The Labute approximate surface area is 93.6 Å². The minimum Gasteiger partial charge on any atom is -0.481 e. The standard InChI is InChI=1S/C10H17NO5/c1-3-6(4-2)8(12)11-5-7(9(13)14)10(15)16/h6-7H,3-5H2,1-2H3,(H,11,12)(H,13,14)(H,15,16). The van der Waals surface area contributed by atoms with Crippen molar-refractivity contribution in [1.29, 1.82) is 0 Å². The van der Waals surface area contributed by atoms with Crippen LogP contribution in [0.15, 0.2) is 0 Å². The fraction of sp³-hybridized carbons (Fsp3) is 0.700. The van der Waals surface area contributed by atoms with Crippen LogP contribution < -0.4 is 5.32 Å². The molecule has 0 radical (unpaired) electrons. The fourth-order valence-electron chi connectivity index (χ4n) is 1.29. The van der Waals surface area contributed by atoms with Crippen molar-refractivity contribution >= 4 is 17.8 Å². The summed E-state index contributed by atoms with van der Waals surface area (Å²) in [6.45, 7) is 3.32. The Kier molecular flexibility index (Phi) is 6.14. The summed E-state index contributed by atoms with van der Waals surface area (Å²) in [6, 6.07) is 0. The second kappa shape index (κ2) is 6.81. The van der Waals surface area contributed by atoms with E-state index in [-0.39, 0.29) is 18.4 Å². The van der Waals surface area contributed by atoms with Gasteiger partial charge in [0.2, 0.25) is 5.91 Å². The van der Waals surface area contributed by atoms with Crippen molar-refractivity contribution in [2.24, 2.45) is 11.8 Å². The molecule has 0 rings (SSSR count). The Bertz CT molecular complexity index is 258. The molecular weight excluding hydrogens is 214 g/mol. The lowest BCUT2D eigenvalue weighted by Crippen LogP contribution is -2.39. The molecule has 0 unspecified atom stereocenters. The second-order valence-corrected chi connectivity index (χ2v) is 3.49. The molecule has 16 heavy (non-hydrogen) atoms. The molecule has 92 valence electrons. The van der Waals surface area contributed by atoms with Crippen LogP contribution in [0.25, 0.3) is 0 Å². The second-order valence-electron chi connectivity index (χ2n) is 3.49. The summed E-state index contributed by atoms with van der Waals surface area (Å²) < 4.78 is 0. The van der Waals surface area contributed by atoms with Gasteiger partial charge < -0.3 is 15.5 Å². The zero-order valence-electron chi connectivity index (χ0n) is 9.40. The van der Waals surface area contributed by atoms with E-state index in [1.165, 1.54) is 0 Å². The van der Waals surface area contributed by atoms with Gasteiger partial charge in [0.05, 0.1) is 0 Å². The number of carboxylic acid groups (broad SMARTS) is 2. The SMILES string of the molecule is CCC(CC)C(=O)NCC(C(=O)O)C(=O)O. The summed E-state index contributed by atoms with van der Waals surface area (Å²) in [5.74, 6) is -4.96. The van der Waals surface area contributed by atoms with Gasteiger partial charge in [-0.1, -0.05) is 13.8 Å². The van der Waals surface area contributed by atoms with Gasteiger partial charge in [-0.05, 0) is 12.8 Å². The Morgan fingerprint density at radius 1 is 1.06 bits per heavy atom. The van der Waals surface area contributed by atoms with Gasteiger partial charge >= 0.3 is 11.9 Å². The third-order valence-corrected chi connectivity index (χ3v) is 2.43. The highest BCUT2D eigenvalue weighted by atomic mass is 16.4. The number of rotatable bonds is 7. The van der Waals surface area contributed by atoms with Crippen molar-refractivity contribution < 1.29 is 24.6 Å². The molecule has 0 aromatic carbocycles. The Hall–Kier alpha value is -1.59. The number of carbonyl (C=O) groups excluding carboxylic acids is 1. The number of aliphatic carboxylic acids is 2. The van der Waals surface area contributed by atoms with E-state index in [2.05, 4.69) is 5.32 Å². The van der Waals surface area contributed by atoms with Crippen LogP contribution in [0.5, 0.6) is 0 Å². The molecule has 6 nitrogen and oxygen atoms in total. The zero-order valence-corrected chi connectivity index (χ0v) is 9.40. The predicted molar refractivity (Wildman–Crippen MR) is 55.8 cm³/mol. The van der Waals surface area contributed by atoms with E-state index in [9.17, 15) is 14.4 Å². The van der Waals surface area contributed by atoms with Gasteiger partial charge in [0.25, 0.3) is 0 Å². The van der Waals surface area contributed by atoms with Crippen LogP contribution in [0, 0.1) is 11.8 Å². The van der Waals surface area contributed by atoms with Crippen LogP contribution in [-0.4, -0.2) is 34.6 Å². The summed E-state index contributed by atoms with van der Waals surface area (Å²) in [5, 5.41) is 19.5. The van der Waals surface area contributed by atoms with E-state index < -0.39 is 17.9 Å². The first-order chi connectivity index (χ1) is 7.43. The minimum atomic E-state index is -1.58. The number of hydrogen-bond donors (Lipinski definition) is 3. The maximum absolute atomic E-state index is 11.5. The molecule has 0 aromatic rings. The monoisotopic (exact) mass is 231 g/mol. The predicted octanol–water partition coefficient (Wildman–Crippen LogP) is 0.324. The third-order valence-electron chi connectivity index (χ3n) is 2.43. The molecule has 1 amide bonds. The fourth-order valence-corrected chi connectivity index (χ4v) is 1.29. The number of nitrogens with one attached hydrogen (secondary N) is 1. The van der Waals surface area contributed by atoms with Crippen LogP contribution in [-0.2, 0) is 14.4 Å². The van der Waals surface area contributed by atoms with Crippen LogP contribution >= 0.6 is 0 Å². The van der Waals surface area contributed by atoms with Gasteiger partial charge in [-0.25, -0.2) is 0 Å². The summed E-state index contributed by atoms with van der Waals surface area (Å²) in [5.41, 5.74) is 0. The quantitative estimate of drug-likeness (QED) is 0.547. The topological polar surface area (TPSA) is 104 Å². The normalized spacial score (nSPS) is 10.5. The van der Waals surface area contributed by atoms with Gasteiger partial charge in [-0.15, -0.1) is 0 Å². The van der Waals surface area contributed by atoms with Gasteiger partial charge in [0.15, 0.2) is 5.92 Å². The molecule has 0 aromatic heterocycles. The molecule has 0 bridgehead atoms. The van der Waals surface area contributed by atoms with Gasteiger partial charge in [0, 0.05) is 12.5 Å². The summed E-state index contributed by atoms with van der Waals surface area (Å²) in [7, 11) is 0. The van der Waals surface area contributed by atoms with Crippen molar-refractivity contribution in [3.8, 4) is 0 Å². The Morgan fingerprint density at radius 3 is 1.81 bits per heavy atom. The average Bonchev–Trinajstić information content (AvgIpc) is 2.18. The number of carboxylic acids is 2. The average molecular weight is 231 g/mol. The highest BCUT2D eigenvalue weighted by molar-refractivity contribution is 5.93. The van der Waals surface area contributed by atoms with E-state index >= 15 is 0 Å². The van der Waals surface area contributed by atoms with Gasteiger partial charge in [-0.2, -0.15) is 0 Å². The van der Waals surface area contributed by atoms with Crippen molar-refractivity contribution in [2.45, 2.75) is 26.7 Å². The van der Waals surface area contributed by atoms with E-state index in [0.29, 0.717) is 12.8 Å². The molecule has 0 saturated carbocycles. The number of hydrogen-bond acceptors (Lipinski definition) is 3.